The molecule has 228 valence electrons. The number of ether oxygens (including phenoxy) is 1. The quantitative estimate of drug-likeness (QED) is 0.303. The summed E-state index contributed by atoms with van der Waals surface area (Å²) in [6.45, 7) is 3.01. The number of imidazole rings is 1. The molecule has 0 spiro atoms. The van der Waals surface area contributed by atoms with Gasteiger partial charge in [-0.3, -0.25) is 4.79 Å². The van der Waals surface area contributed by atoms with E-state index in [1.54, 1.807) is 34.7 Å². The predicted molar refractivity (Wildman–Crippen MR) is 165 cm³/mol. The lowest BCUT2D eigenvalue weighted by Crippen LogP contribution is -2.40. The molecule has 3 aromatic carbocycles. The van der Waals surface area contributed by atoms with Crippen molar-refractivity contribution in [2.24, 2.45) is 13.0 Å². The van der Waals surface area contributed by atoms with Gasteiger partial charge in [0.1, 0.15) is 0 Å². The van der Waals surface area contributed by atoms with Gasteiger partial charge < -0.3 is 29.9 Å². The number of urea groups is 1. The Kier molecular flexibility index (Phi) is 10.0. The summed E-state index contributed by atoms with van der Waals surface area (Å²) in [5.74, 6) is 0.199. The molecule has 2 heterocycles. The van der Waals surface area contributed by atoms with Gasteiger partial charge in [0.05, 0.1) is 36.5 Å². The molecule has 5 rings (SSSR count). The number of benzene rings is 3. The number of amides is 3. The van der Waals surface area contributed by atoms with Crippen molar-refractivity contribution in [1.82, 2.24) is 18.8 Å². The van der Waals surface area contributed by atoms with E-state index in [2.05, 4.69) is 15.6 Å². The number of aromatic nitrogens is 2. The molecule has 1 unspecified atom stereocenters. The van der Waals surface area contributed by atoms with Crippen LogP contribution >= 0.6 is 0 Å². The third kappa shape index (κ3) is 7.49. The zero-order valence-corrected chi connectivity index (χ0v) is 25.3. The molecule has 13 heteroatoms. The molecular formula is C30H36N6O6S. The van der Waals surface area contributed by atoms with E-state index in [4.69, 9.17) is 4.74 Å². The van der Waals surface area contributed by atoms with Crippen LogP contribution in [0.15, 0.2) is 78.2 Å². The number of sulfonamides is 1. The summed E-state index contributed by atoms with van der Waals surface area (Å²) in [5.41, 5.74) is 1.47. The number of carbonyl (C=O) groups excluding carboxylic acids is 2. The number of para-hydroxylation sites is 1. The van der Waals surface area contributed by atoms with E-state index in [9.17, 15) is 23.1 Å². The van der Waals surface area contributed by atoms with E-state index in [1.165, 1.54) is 26.6 Å². The molecule has 4 aromatic rings. The van der Waals surface area contributed by atoms with E-state index >= 15 is 0 Å². The minimum absolute atomic E-state index is 0.0787. The highest BCUT2D eigenvalue weighted by Gasteiger charge is 2.27. The largest absolute Gasteiger partial charge is 0.490 e. The Morgan fingerprint density at radius 2 is 1.74 bits per heavy atom. The molecule has 0 bridgehead atoms. The molecule has 1 aliphatic heterocycles. The number of β-amino-alcohol motifs (C(OH)–C–C–N with tert-alkyl or cyclic N) is 1. The minimum Gasteiger partial charge on any atom is -0.490 e. The molecule has 12 nitrogen and oxygen atoms in total. The second kappa shape index (κ2) is 13.7. The molecule has 0 saturated heterocycles. The van der Waals surface area contributed by atoms with Crippen LogP contribution < -0.4 is 15.4 Å². The lowest BCUT2D eigenvalue weighted by Gasteiger charge is -2.30. The second-order valence-electron chi connectivity index (χ2n) is 10.3. The van der Waals surface area contributed by atoms with Crippen LogP contribution in [0.25, 0.3) is 10.8 Å². The maximum Gasteiger partial charge on any atom is 0.323 e. The standard InChI is InChI=1S/C24H25N3O4.C6H11N3O2S/c1-16-14-27(12-13-28)23(29)19-9-5-11-21(22(19)31-15-16)26-24(30)25-20-10-4-7-17-6-2-3-8-18(17)20;1-8(2)12(10,11)6-4-9(3)5-7-6/h2-11,16,28H,12-15H2,1H3,(H2,25,26,30);4-5H,1-3H3. The Labute approximate surface area is 250 Å². The van der Waals surface area contributed by atoms with Crippen molar-refractivity contribution in [3.8, 4) is 5.75 Å². The molecule has 1 aliphatic rings. The summed E-state index contributed by atoms with van der Waals surface area (Å²) in [6.07, 6.45) is 2.92. The van der Waals surface area contributed by atoms with Crippen molar-refractivity contribution < 1.29 is 27.9 Å². The van der Waals surface area contributed by atoms with Gasteiger partial charge >= 0.3 is 6.03 Å². The molecule has 0 saturated carbocycles. The molecule has 1 aromatic heterocycles. The van der Waals surface area contributed by atoms with Crippen LogP contribution in [0.4, 0.5) is 16.2 Å². The van der Waals surface area contributed by atoms with E-state index in [0.717, 1.165) is 15.1 Å². The van der Waals surface area contributed by atoms with Crippen molar-refractivity contribution in [3.63, 3.8) is 0 Å². The number of nitrogens with one attached hydrogen (secondary N) is 2. The summed E-state index contributed by atoms with van der Waals surface area (Å²) in [7, 11) is 1.32. The number of anilines is 2. The van der Waals surface area contributed by atoms with Gasteiger partial charge in [-0.15, -0.1) is 0 Å². The lowest BCUT2D eigenvalue weighted by atomic mass is 10.1. The van der Waals surface area contributed by atoms with Gasteiger partial charge in [0.2, 0.25) is 0 Å². The summed E-state index contributed by atoms with van der Waals surface area (Å²) in [5, 5.41) is 17.1. The molecule has 1 atom stereocenters. The number of nitrogens with zero attached hydrogens (tertiary/aromatic N) is 4. The van der Waals surface area contributed by atoms with Gasteiger partial charge in [0.25, 0.3) is 15.9 Å². The predicted octanol–water partition coefficient (Wildman–Crippen LogP) is 3.62. The first-order valence-electron chi connectivity index (χ1n) is 13.6. The first-order valence-corrected chi connectivity index (χ1v) is 15.1. The first-order chi connectivity index (χ1) is 20.5. The van der Waals surface area contributed by atoms with Gasteiger partial charge in [0.15, 0.2) is 10.8 Å². The van der Waals surface area contributed by atoms with Gasteiger partial charge in [-0.05, 0) is 23.6 Å². The van der Waals surface area contributed by atoms with E-state index in [1.807, 2.05) is 49.4 Å². The monoisotopic (exact) mass is 608 g/mol. The van der Waals surface area contributed by atoms with Crippen molar-refractivity contribution in [3.05, 3.63) is 78.8 Å². The SMILES string of the molecule is CC1COc2c(NC(=O)Nc3cccc4ccccc34)cccc2C(=O)N(CCO)C1.CN(C)S(=O)(=O)c1cn(C)cn1. The van der Waals surface area contributed by atoms with E-state index in [-0.39, 0.29) is 30.0 Å². The first kappa shape index (κ1) is 31.5. The lowest BCUT2D eigenvalue weighted by molar-refractivity contribution is 0.0645. The van der Waals surface area contributed by atoms with Gasteiger partial charge in [0, 0.05) is 51.7 Å². The van der Waals surface area contributed by atoms with Gasteiger partial charge in [-0.25, -0.2) is 22.5 Å². The van der Waals surface area contributed by atoms with E-state index in [0.29, 0.717) is 35.8 Å². The summed E-state index contributed by atoms with van der Waals surface area (Å²) < 4.78 is 31.5. The van der Waals surface area contributed by atoms with Crippen LogP contribution in [0.3, 0.4) is 0 Å². The topological polar surface area (TPSA) is 146 Å². The third-order valence-corrected chi connectivity index (χ3v) is 8.36. The van der Waals surface area contributed by atoms with Crippen LogP contribution in [0, 0.1) is 5.92 Å². The van der Waals surface area contributed by atoms with Crippen molar-refractivity contribution in [2.75, 3.05) is 51.0 Å². The number of carbonyl (C=O) groups is 2. The molecule has 0 aliphatic carbocycles. The van der Waals surface area contributed by atoms with Gasteiger partial charge in [-0.1, -0.05) is 49.4 Å². The van der Waals surface area contributed by atoms with Crippen LogP contribution in [0.1, 0.15) is 17.3 Å². The molecule has 3 amide bonds. The highest BCUT2D eigenvalue weighted by atomic mass is 32.2. The average molecular weight is 609 g/mol. The third-order valence-electron chi connectivity index (χ3n) is 6.66. The zero-order valence-electron chi connectivity index (χ0n) is 24.5. The van der Waals surface area contributed by atoms with Crippen molar-refractivity contribution >= 4 is 44.1 Å². The maximum absolute atomic E-state index is 13.0. The number of hydrogen-bond acceptors (Lipinski definition) is 7. The number of hydrogen-bond donors (Lipinski definition) is 3. The Morgan fingerprint density at radius 3 is 2.44 bits per heavy atom. The molecule has 43 heavy (non-hydrogen) atoms. The second-order valence-corrected chi connectivity index (χ2v) is 12.4. The Morgan fingerprint density at radius 1 is 1.07 bits per heavy atom. The zero-order chi connectivity index (χ0) is 31.1. The van der Waals surface area contributed by atoms with Crippen LogP contribution in [-0.2, 0) is 17.1 Å². The Balaban J connectivity index is 0.000000296. The number of aliphatic hydroxyl groups is 1. The highest BCUT2D eigenvalue weighted by molar-refractivity contribution is 7.89. The normalized spacial score (nSPS) is 15.1. The fraction of sp³-hybridized carbons (Fsp3) is 0.300. The number of aliphatic hydroxyl groups excluding tert-OH is 1. The summed E-state index contributed by atoms with van der Waals surface area (Å²) in [6, 6.07) is 18.2. The van der Waals surface area contributed by atoms with Crippen LogP contribution in [0.2, 0.25) is 0 Å². The van der Waals surface area contributed by atoms with Crippen molar-refractivity contribution in [2.45, 2.75) is 11.9 Å². The average Bonchev–Trinajstić information content (AvgIpc) is 3.43. The number of rotatable bonds is 6. The molecule has 0 radical (unpaired) electrons. The van der Waals surface area contributed by atoms with Crippen LogP contribution in [-0.4, -0.2) is 84.6 Å². The van der Waals surface area contributed by atoms with Crippen LogP contribution in [0.5, 0.6) is 5.75 Å². The van der Waals surface area contributed by atoms with E-state index < -0.39 is 16.1 Å². The molecular weight excluding hydrogens is 572 g/mol. The summed E-state index contributed by atoms with van der Waals surface area (Å²) in [4.78, 5) is 31.1. The van der Waals surface area contributed by atoms with Crippen molar-refractivity contribution in [1.29, 1.82) is 0 Å². The maximum atomic E-state index is 13.0. The molecule has 3 N–H and O–H groups in total. The smallest absolute Gasteiger partial charge is 0.323 e. The highest BCUT2D eigenvalue weighted by Crippen LogP contribution is 2.32. The molecule has 0 fully saturated rings. The number of aryl methyl sites for hydroxylation is 1. The fourth-order valence-electron chi connectivity index (χ4n) is 4.50. The summed E-state index contributed by atoms with van der Waals surface area (Å²) >= 11 is 0. The Bertz CT molecular complexity index is 1700. The minimum atomic E-state index is -3.35. The Hall–Kier alpha value is -4.46. The number of fused-ring (bicyclic) bond motifs is 2. The van der Waals surface area contributed by atoms with Gasteiger partial charge in [-0.2, -0.15) is 0 Å². The fourth-order valence-corrected chi connectivity index (χ4v) is 5.35.